The first-order chi connectivity index (χ1) is 15.7. The molecule has 2 aromatic carbocycles. The highest BCUT2D eigenvalue weighted by Crippen LogP contribution is 2.23. The van der Waals surface area contributed by atoms with Crippen molar-refractivity contribution in [1.29, 1.82) is 0 Å². The first-order valence-electron chi connectivity index (χ1n) is 11.4. The molecule has 0 bridgehead atoms. The summed E-state index contributed by atoms with van der Waals surface area (Å²) in [5.41, 5.74) is 4.72. The molecular formula is C27H33NO4. The van der Waals surface area contributed by atoms with Crippen molar-refractivity contribution in [3.8, 4) is 17.0 Å². The Kier molecular flexibility index (Phi) is 8.93. The standard InChI is InChI=1S/C27H33NO4/c1-4-23-14-17-25(22-10-8-7-9-11-22)28(23)18-19-32-24-15-12-21(13-16-24)20-26(30-5-2)27(29)31-6-3/h7-17,26H,4-6,18-20H2,1-3H3. The van der Waals surface area contributed by atoms with Crippen LogP contribution < -0.4 is 4.74 Å². The van der Waals surface area contributed by atoms with E-state index in [-0.39, 0.29) is 5.97 Å². The molecule has 5 nitrogen and oxygen atoms in total. The number of aryl methyl sites for hydroxylation is 1. The van der Waals surface area contributed by atoms with Crippen molar-refractivity contribution >= 4 is 5.97 Å². The minimum atomic E-state index is -0.579. The number of rotatable bonds is 12. The van der Waals surface area contributed by atoms with Crippen LogP contribution in [0.4, 0.5) is 0 Å². The Labute approximate surface area is 190 Å². The Morgan fingerprint density at radius 3 is 2.31 bits per heavy atom. The Bertz CT molecular complexity index is 963. The number of carbonyl (C=O) groups is 1. The SMILES string of the molecule is CCOC(=O)C(Cc1ccc(OCCn2c(CC)ccc2-c2ccccc2)cc1)OCC. The van der Waals surface area contributed by atoms with Gasteiger partial charge in [0.2, 0.25) is 0 Å². The predicted octanol–water partition coefficient (Wildman–Crippen LogP) is 5.31. The van der Waals surface area contributed by atoms with Crippen LogP contribution in [0.5, 0.6) is 5.75 Å². The third kappa shape index (κ3) is 6.24. The third-order valence-corrected chi connectivity index (χ3v) is 5.35. The molecule has 170 valence electrons. The molecule has 0 aliphatic heterocycles. The van der Waals surface area contributed by atoms with Gasteiger partial charge in [-0.15, -0.1) is 0 Å². The highest BCUT2D eigenvalue weighted by molar-refractivity contribution is 5.75. The van der Waals surface area contributed by atoms with Crippen LogP contribution in [0.15, 0.2) is 66.7 Å². The van der Waals surface area contributed by atoms with Crippen molar-refractivity contribution in [3.05, 3.63) is 78.0 Å². The predicted molar refractivity (Wildman–Crippen MR) is 127 cm³/mol. The second-order valence-corrected chi connectivity index (χ2v) is 7.47. The van der Waals surface area contributed by atoms with Gasteiger partial charge in [-0.05, 0) is 55.7 Å². The number of ether oxygens (including phenoxy) is 3. The van der Waals surface area contributed by atoms with E-state index in [1.54, 1.807) is 6.92 Å². The van der Waals surface area contributed by atoms with E-state index in [0.29, 0.717) is 26.2 Å². The summed E-state index contributed by atoms with van der Waals surface area (Å²) in [6.07, 6.45) is 0.879. The van der Waals surface area contributed by atoms with Crippen molar-refractivity contribution in [2.45, 2.75) is 46.3 Å². The number of hydrogen-bond acceptors (Lipinski definition) is 4. The van der Waals surface area contributed by atoms with Crippen LogP contribution in [0, 0.1) is 0 Å². The van der Waals surface area contributed by atoms with Gasteiger partial charge in [0.1, 0.15) is 12.4 Å². The molecule has 0 saturated carbocycles. The van der Waals surface area contributed by atoms with E-state index in [0.717, 1.165) is 24.3 Å². The Morgan fingerprint density at radius 1 is 0.906 bits per heavy atom. The summed E-state index contributed by atoms with van der Waals surface area (Å²) in [7, 11) is 0. The Morgan fingerprint density at radius 2 is 1.66 bits per heavy atom. The van der Waals surface area contributed by atoms with Gasteiger partial charge in [-0.2, -0.15) is 0 Å². The monoisotopic (exact) mass is 435 g/mol. The van der Waals surface area contributed by atoms with Gasteiger partial charge >= 0.3 is 5.97 Å². The first kappa shape index (κ1) is 23.6. The molecule has 0 aliphatic carbocycles. The molecule has 3 aromatic rings. The van der Waals surface area contributed by atoms with E-state index in [4.69, 9.17) is 14.2 Å². The molecule has 0 spiro atoms. The molecule has 0 radical (unpaired) electrons. The molecular weight excluding hydrogens is 402 g/mol. The third-order valence-electron chi connectivity index (χ3n) is 5.35. The van der Waals surface area contributed by atoms with E-state index in [9.17, 15) is 4.79 Å². The molecule has 0 fully saturated rings. The summed E-state index contributed by atoms with van der Waals surface area (Å²) in [5.74, 6) is 0.492. The summed E-state index contributed by atoms with van der Waals surface area (Å²) < 4.78 is 19.0. The fourth-order valence-electron chi connectivity index (χ4n) is 3.78. The lowest BCUT2D eigenvalue weighted by Crippen LogP contribution is -2.28. The summed E-state index contributed by atoms with van der Waals surface area (Å²) in [6, 6.07) is 22.6. The maximum Gasteiger partial charge on any atom is 0.335 e. The van der Waals surface area contributed by atoms with E-state index in [1.807, 2.05) is 37.3 Å². The lowest BCUT2D eigenvalue weighted by Gasteiger charge is -2.16. The lowest BCUT2D eigenvalue weighted by molar-refractivity contribution is -0.156. The van der Waals surface area contributed by atoms with E-state index in [2.05, 4.69) is 47.9 Å². The maximum absolute atomic E-state index is 12.1. The molecule has 0 saturated heterocycles. The van der Waals surface area contributed by atoms with Crippen molar-refractivity contribution < 1.29 is 19.0 Å². The number of benzene rings is 2. The average Bonchev–Trinajstić information content (AvgIpc) is 3.23. The second-order valence-electron chi connectivity index (χ2n) is 7.47. The van der Waals surface area contributed by atoms with E-state index in [1.165, 1.54) is 17.0 Å². The number of aromatic nitrogens is 1. The Hall–Kier alpha value is -3.05. The molecule has 1 heterocycles. The van der Waals surface area contributed by atoms with Crippen molar-refractivity contribution in [2.24, 2.45) is 0 Å². The van der Waals surface area contributed by atoms with E-state index < -0.39 is 6.10 Å². The minimum absolute atomic E-state index is 0.317. The number of esters is 1. The smallest absolute Gasteiger partial charge is 0.335 e. The minimum Gasteiger partial charge on any atom is -0.492 e. The number of hydrogen-bond donors (Lipinski definition) is 0. The van der Waals surface area contributed by atoms with Crippen LogP contribution >= 0.6 is 0 Å². The van der Waals surface area contributed by atoms with Gasteiger partial charge < -0.3 is 18.8 Å². The van der Waals surface area contributed by atoms with E-state index >= 15 is 0 Å². The van der Waals surface area contributed by atoms with Crippen LogP contribution in [0.2, 0.25) is 0 Å². The van der Waals surface area contributed by atoms with Crippen molar-refractivity contribution in [1.82, 2.24) is 4.57 Å². The van der Waals surface area contributed by atoms with Gasteiger partial charge in [0.05, 0.1) is 13.2 Å². The van der Waals surface area contributed by atoms with Crippen LogP contribution in [0.3, 0.4) is 0 Å². The van der Waals surface area contributed by atoms with Crippen molar-refractivity contribution in [3.63, 3.8) is 0 Å². The van der Waals surface area contributed by atoms with Gasteiger partial charge in [0.25, 0.3) is 0 Å². The molecule has 0 aliphatic rings. The van der Waals surface area contributed by atoms with Gasteiger partial charge in [-0.1, -0.05) is 49.4 Å². The summed E-state index contributed by atoms with van der Waals surface area (Å²) >= 11 is 0. The molecule has 1 unspecified atom stereocenters. The average molecular weight is 436 g/mol. The Balaban J connectivity index is 1.59. The molecule has 0 N–H and O–H groups in total. The fourth-order valence-corrected chi connectivity index (χ4v) is 3.78. The van der Waals surface area contributed by atoms with Crippen LogP contribution in [-0.4, -0.2) is 36.5 Å². The van der Waals surface area contributed by atoms with Crippen molar-refractivity contribution in [2.75, 3.05) is 19.8 Å². The quantitative estimate of drug-likeness (QED) is 0.362. The van der Waals surface area contributed by atoms with Crippen LogP contribution in [-0.2, 0) is 33.7 Å². The summed E-state index contributed by atoms with van der Waals surface area (Å²) in [4.78, 5) is 12.1. The van der Waals surface area contributed by atoms with Crippen LogP contribution in [0.1, 0.15) is 32.0 Å². The molecule has 32 heavy (non-hydrogen) atoms. The highest BCUT2D eigenvalue weighted by atomic mass is 16.6. The molecule has 3 rings (SSSR count). The van der Waals surface area contributed by atoms with Gasteiger partial charge in [0.15, 0.2) is 6.10 Å². The molecule has 1 aromatic heterocycles. The fraction of sp³-hybridized carbons (Fsp3) is 0.370. The molecule has 5 heteroatoms. The normalized spacial score (nSPS) is 11.8. The second kappa shape index (κ2) is 12.1. The topological polar surface area (TPSA) is 49.7 Å². The zero-order valence-corrected chi connectivity index (χ0v) is 19.3. The number of nitrogens with zero attached hydrogens (tertiary/aromatic N) is 1. The highest BCUT2D eigenvalue weighted by Gasteiger charge is 2.20. The summed E-state index contributed by atoms with van der Waals surface area (Å²) in [6.45, 7) is 8.01. The van der Waals surface area contributed by atoms with Gasteiger partial charge in [-0.25, -0.2) is 4.79 Å². The zero-order chi connectivity index (χ0) is 22.8. The lowest BCUT2D eigenvalue weighted by atomic mass is 10.1. The van der Waals surface area contributed by atoms with Gasteiger partial charge in [0, 0.05) is 24.4 Å². The zero-order valence-electron chi connectivity index (χ0n) is 19.3. The largest absolute Gasteiger partial charge is 0.492 e. The van der Waals surface area contributed by atoms with Gasteiger partial charge in [-0.3, -0.25) is 0 Å². The molecule has 1 atom stereocenters. The first-order valence-corrected chi connectivity index (χ1v) is 11.4. The maximum atomic E-state index is 12.1. The summed E-state index contributed by atoms with van der Waals surface area (Å²) in [5, 5.41) is 0. The van der Waals surface area contributed by atoms with Crippen LogP contribution in [0.25, 0.3) is 11.3 Å². The number of carbonyl (C=O) groups excluding carboxylic acids is 1. The molecule has 0 amide bonds.